The van der Waals surface area contributed by atoms with Crippen LogP contribution in [0.4, 0.5) is 0 Å². The molecule has 0 saturated carbocycles. The largest absolute Gasteiger partial charge is 0.493 e. The lowest BCUT2D eigenvalue weighted by Gasteiger charge is -2.06. The van der Waals surface area contributed by atoms with Gasteiger partial charge in [-0.25, -0.2) is 0 Å². The predicted octanol–water partition coefficient (Wildman–Crippen LogP) is 5.12. The molecule has 0 atom stereocenters. The van der Waals surface area contributed by atoms with Crippen molar-refractivity contribution in [2.75, 3.05) is 12.4 Å². The van der Waals surface area contributed by atoms with E-state index >= 15 is 0 Å². The number of hydrogen-bond donors (Lipinski definition) is 0. The van der Waals surface area contributed by atoms with Gasteiger partial charge in [-0.15, -0.1) is 21.5 Å². The standard InChI is InChI=1S/C18H14N2O2S2/c1-2-5-14-12-15(8-7-13(14)4-1)21-9-11-24-18-20-19-17(22-18)16-6-3-10-23-16/h1-8,10,12H,9,11H2. The fourth-order valence-corrected chi connectivity index (χ4v) is 3.54. The highest BCUT2D eigenvalue weighted by molar-refractivity contribution is 7.99. The zero-order chi connectivity index (χ0) is 16.2. The topological polar surface area (TPSA) is 48.2 Å². The molecule has 0 saturated heterocycles. The summed E-state index contributed by atoms with van der Waals surface area (Å²) in [4.78, 5) is 0.988. The molecular weight excluding hydrogens is 340 g/mol. The van der Waals surface area contributed by atoms with Gasteiger partial charge in [0.1, 0.15) is 5.75 Å². The highest BCUT2D eigenvalue weighted by Gasteiger charge is 2.09. The molecule has 24 heavy (non-hydrogen) atoms. The van der Waals surface area contributed by atoms with Crippen LogP contribution >= 0.6 is 23.1 Å². The molecule has 0 aliphatic carbocycles. The highest BCUT2D eigenvalue weighted by atomic mass is 32.2. The van der Waals surface area contributed by atoms with Gasteiger partial charge in [0.15, 0.2) is 0 Å². The lowest BCUT2D eigenvalue weighted by atomic mass is 10.1. The summed E-state index contributed by atoms with van der Waals surface area (Å²) in [5.74, 6) is 2.20. The van der Waals surface area contributed by atoms with Crippen LogP contribution in [-0.4, -0.2) is 22.6 Å². The number of thioether (sulfide) groups is 1. The first kappa shape index (κ1) is 15.2. The Labute approximate surface area is 147 Å². The van der Waals surface area contributed by atoms with Gasteiger partial charge in [0, 0.05) is 5.75 Å². The van der Waals surface area contributed by atoms with Crippen LogP contribution in [0, 0.1) is 0 Å². The number of thiophene rings is 1. The molecule has 0 aliphatic rings. The van der Waals surface area contributed by atoms with Crippen LogP contribution in [-0.2, 0) is 0 Å². The van der Waals surface area contributed by atoms with Crippen LogP contribution in [0.3, 0.4) is 0 Å². The van der Waals surface area contributed by atoms with Crippen molar-refractivity contribution in [2.45, 2.75) is 5.22 Å². The van der Waals surface area contributed by atoms with Crippen molar-refractivity contribution >= 4 is 33.9 Å². The number of fused-ring (bicyclic) bond motifs is 1. The summed E-state index contributed by atoms with van der Waals surface area (Å²) in [7, 11) is 0. The molecule has 2 aromatic heterocycles. The summed E-state index contributed by atoms with van der Waals surface area (Å²) < 4.78 is 11.4. The first-order valence-electron chi connectivity index (χ1n) is 7.50. The first-order valence-corrected chi connectivity index (χ1v) is 9.37. The smallest absolute Gasteiger partial charge is 0.277 e. The number of rotatable bonds is 6. The van der Waals surface area contributed by atoms with Gasteiger partial charge < -0.3 is 9.15 Å². The van der Waals surface area contributed by atoms with Gasteiger partial charge in [0.2, 0.25) is 0 Å². The minimum absolute atomic E-state index is 0.570. The molecular formula is C18H14N2O2S2. The van der Waals surface area contributed by atoms with Gasteiger partial charge in [0.05, 0.1) is 11.5 Å². The van der Waals surface area contributed by atoms with E-state index in [-0.39, 0.29) is 0 Å². The molecule has 2 heterocycles. The molecule has 4 nitrogen and oxygen atoms in total. The third-order valence-corrected chi connectivity index (χ3v) is 5.08. The summed E-state index contributed by atoms with van der Waals surface area (Å²) in [6.45, 7) is 0.583. The summed E-state index contributed by atoms with van der Waals surface area (Å²) >= 11 is 3.09. The Hall–Kier alpha value is -2.31. The molecule has 0 bridgehead atoms. The van der Waals surface area contributed by atoms with Crippen LogP contribution in [0.15, 0.2) is 69.6 Å². The fourth-order valence-electron chi connectivity index (χ4n) is 2.31. The second kappa shape index (κ2) is 7.07. The highest BCUT2D eigenvalue weighted by Crippen LogP contribution is 2.26. The number of aromatic nitrogens is 2. The van der Waals surface area contributed by atoms with Gasteiger partial charge in [-0.2, -0.15) is 0 Å². The van der Waals surface area contributed by atoms with Crippen molar-refractivity contribution in [1.82, 2.24) is 10.2 Å². The predicted molar refractivity (Wildman–Crippen MR) is 97.8 cm³/mol. The van der Waals surface area contributed by atoms with Crippen LogP contribution in [0.5, 0.6) is 5.75 Å². The Morgan fingerprint density at radius 2 is 1.92 bits per heavy atom. The van der Waals surface area contributed by atoms with E-state index in [4.69, 9.17) is 9.15 Å². The average molecular weight is 354 g/mol. The number of benzene rings is 2. The van der Waals surface area contributed by atoms with E-state index in [0.717, 1.165) is 16.4 Å². The zero-order valence-corrected chi connectivity index (χ0v) is 14.3. The van der Waals surface area contributed by atoms with E-state index in [0.29, 0.717) is 17.7 Å². The van der Waals surface area contributed by atoms with Crippen LogP contribution in [0.2, 0.25) is 0 Å². The van der Waals surface area contributed by atoms with E-state index in [1.165, 1.54) is 22.5 Å². The summed E-state index contributed by atoms with van der Waals surface area (Å²) in [5, 5.41) is 13.1. The van der Waals surface area contributed by atoms with Crippen LogP contribution in [0.1, 0.15) is 0 Å². The monoisotopic (exact) mass is 354 g/mol. The quantitative estimate of drug-likeness (QED) is 0.355. The Morgan fingerprint density at radius 1 is 1.00 bits per heavy atom. The van der Waals surface area contributed by atoms with Crippen molar-refractivity contribution in [1.29, 1.82) is 0 Å². The maximum absolute atomic E-state index is 5.81. The molecule has 4 aromatic rings. The number of hydrogen-bond acceptors (Lipinski definition) is 6. The third-order valence-electron chi connectivity index (χ3n) is 3.44. The maximum atomic E-state index is 5.81. The van der Waals surface area contributed by atoms with Crippen molar-refractivity contribution in [2.24, 2.45) is 0 Å². The molecule has 120 valence electrons. The lowest BCUT2D eigenvalue weighted by molar-refractivity contribution is 0.343. The Morgan fingerprint density at radius 3 is 2.79 bits per heavy atom. The van der Waals surface area contributed by atoms with Crippen LogP contribution in [0.25, 0.3) is 21.5 Å². The van der Waals surface area contributed by atoms with E-state index in [9.17, 15) is 0 Å². The van der Waals surface area contributed by atoms with Gasteiger partial charge in [-0.1, -0.05) is 48.2 Å². The summed E-state index contributed by atoms with van der Waals surface area (Å²) in [6.07, 6.45) is 0. The van der Waals surface area contributed by atoms with Gasteiger partial charge in [-0.05, 0) is 34.4 Å². The Bertz CT molecular complexity index is 935. The molecule has 2 aromatic carbocycles. The summed E-state index contributed by atoms with van der Waals surface area (Å²) in [5.41, 5.74) is 0. The van der Waals surface area contributed by atoms with Crippen molar-refractivity contribution in [3.8, 4) is 16.5 Å². The maximum Gasteiger partial charge on any atom is 0.277 e. The molecule has 0 unspecified atom stereocenters. The van der Waals surface area contributed by atoms with E-state index in [1.807, 2.05) is 35.7 Å². The average Bonchev–Trinajstić information content (AvgIpc) is 3.30. The minimum atomic E-state index is 0.570. The molecule has 0 amide bonds. The third kappa shape index (κ3) is 3.44. The normalized spacial score (nSPS) is 11.0. The van der Waals surface area contributed by atoms with Gasteiger partial charge in [-0.3, -0.25) is 0 Å². The number of nitrogens with zero attached hydrogens (tertiary/aromatic N) is 2. The lowest BCUT2D eigenvalue weighted by Crippen LogP contribution is -1.99. The SMILES string of the molecule is c1csc(-c2nnc(SCCOc3ccc4ccccc4c3)o2)c1. The van der Waals surface area contributed by atoms with Crippen LogP contribution < -0.4 is 4.74 Å². The molecule has 0 fully saturated rings. The van der Waals surface area contributed by atoms with Gasteiger partial charge >= 0.3 is 0 Å². The van der Waals surface area contributed by atoms with E-state index < -0.39 is 0 Å². The van der Waals surface area contributed by atoms with E-state index in [2.05, 4.69) is 34.5 Å². The Kier molecular flexibility index (Phi) is 4.49. The van der Waals surface area contributed by atoms with Gasteiger partial charge in [0.25, 0.3) is 11.1 Å². The zero-order valence-electron chi connectivity index (χ0n) is 12.7. The van der Waals surface area contributed by atoms with E-state index in [1.54, 1.807) is 11.3 Å². The molecule has 6 heteroatoms. The molecule has 0 aliphatic heterocycles. The minimum Gasteiger partial charge on any atom is -0.493 e. The molecule has 4 rings (SSSR count). The molecule has 0 N–H and O–H groups in total. The molecule has 0 radical (unpaired) electrons. The second-order valence-electron chi connectivity index (χ2n) is 5.06. The van der Waals surface area contributed by atoms with Crippen molar-refractivity contribution in [3.63, 3.8) is 0 Å². The van der Waals surface area contributed by atoms with Crippen molar-refractivity contribution in [3.05, 3.63) is 60.0 Å². The van der Waals surface area contributed by atoms with Crippen molar-refractivity contribution < 1.29 is 9.15 Å². The second-order valence-corrected chi connectivity index (χ2v) is 7.05. The summed E-state index contributed by atoms with van der Waals surface area (Å²) in [6, 6.07) is 18.3. The fraction of sp³-hybridized carbons (Fsp3) is 0.111. The molecule has 0 spiro atoms. The first-order chi connectivity index (χ1) is 11.9. The number of ether oxygens (including phenoxy) is 1. The Balaban J connectivity index is 1.31.